The van der Waals surface area contributed by atoms with E-state index in [1.54, 1.807) is 6.07 Å². The van der Waals surface area contributed by atoms with Crippen LogP contribution in [0.4, 0.5) is 13.2 Å². The number of benzene rings is 1. The molecule has 0 bridgehead atoms. The number of rotatable bonds is 16. The van der Waals surface area contributed by atoms with Crippen LogP contribution in [0.15, 0.2) is 18.2 Å². The molecule has 0 saturated carbocycles. The van der Waals surface area contributed by atoms with Crippen LogP contribution in [0.5, 0.6) is 5.75 Å². The Hall–Kier alpha value is -0.150. The molecule has 1 atom stereocenters. The van der Waals surface area contributed by atoms with Crippen molar-refractivity contribution >= 4 is 36.8 Å². The van der Waals surface area contributed by atoms with Gasteiger partial charge in [0, 0.05) is 0 Å². The van der Waals surface area contributed by atoms with E-state index in [0.29, 0.717) is 11.5 Å². The average molecular weight is 584 g/mol. The predicted octanol–water partition coefficient (Wildman–Crippen LogP) is 5.07. The first-order valence-corrected chi connectivity index (χ1v) is 13.6. The molecule has 4 N–H and O–H groups in total. The quantitative estimate of drug-likeness (QED) is 0.238. The molecule has 1 aromatic carbocycles. The normalized spacial score (nSPS) is 13.0. The molecular formula is C23H38ClF3InNO3. The Morgan fingerprint density at radius 3 is 2.25 bits per heavy atom. The van der Waals surface area contributed by atoms with E-state index in [0.717, 1.165) is 25.3 Å². The number of nitrogens with two attached hydrogens (primary N) is 1. The fraction of sp³-hybridized carbons (Fsp3) is 0.739. The van der Waals surface area contributed by atoms with E-state index < -0.39 is 30.5 Å². The van der Waals surface area contributed by atoms with Gasteiger partial charge in [0.05, 0.1) is 18.8 Å². The van der Waals surface area contributed by atoms with Crippen molar-refractivity contribution in [2.75, 3.05) is 19.8 Å². The second-order valence-electron chi connectivity index (χ2n) is 8.44. The van der Waals surface area contributed by atoms with Gasteiger partial charge in [0.25, 0.3) is 0 Å². The maximum atomic E-state index is 13.6. The minimum absolute atomic E-state index is 0. The first-order valence-electron chi connectivity index (χ1n) is 11.2. The molecule has 2 radical (unpaired) electrons. The third kappa shape index (κ3) is 11.8. The number of aliphatic hydroxyl groups excluding tert-OH is 2. The molecule has 9 heteroatoms. The van der Waals surface area contributed by atoms with Crippen molar-refractivity contribution in [1.82, 2.24) is 0 Å². The minimum Gasteiger partial charge on any atom is -0.147 e. The zero-order chi connectivity index (χ0) is 23.3. The Morgan fingerprint density at radius 1 is 1.06 bits per heavy atom. The van der Waals surface area contributed by atoms with Crippen molar-refractivity contribution < 1.29 is 28.1 Å². The summed E-state index contributed by atoms with van der Waals surface area (Å²) in [6, 6.07) is 4.04. The fourth-order valence-corrected chi connectivity index (χ4v) is 4.24. The summed E-state index contributed by atoms with van der Waals surface area (Å²) in [5.41, 5.74) is 4.26. The van der Waals surface area contributed by atoms with Crippen LogP contribution in [0, 0.1) is 5.92 Å². The Bertz CT molecular complexity index is 623. The van der Waals surface area contributed by atoms with Crippen molar-refractivity contribution in [3.05, 3.63) is 29.3 Å². The topological polar surface area (TPSA) is 75.7 Å². The van der Waals surface area contributed by atoms with Gasteiger partial charge in [0.15, 0.2) is 0 Å². The number of hydrogen-bond acceptors (Lipinski definition) is 4. The van der Waals surface area contributed by atoms with Gasteiger partial charge in [-0.1, -0.05) is 0 Å². The molecule has 4 nitrogen and oxygen atoms in total. The van der Waals surface area contributed by atoms with Crippen molar-refractivity contribution in [3.8, 4) is 5.75 Å². The van der Waals surface area contributed by atoms with Crippen molar-refractivity contribution in [3.63, 3.8) is 0 Å². The van der Waals surface area contributed by atoms with Crippen LogP contribution in [-0.2, 0) is 12.6 Å². The molecule has 1 unspecified atom stereocenters. The monoisotopic (exact) mass is 583 g/mol. The van der Waals surface area contributed by atoms with E-state index in [1.807, 2.05) is 0 Å². The summed E-state index contributed by atoms with van der Waals surface area (Å²) >= 11 is 1.28. The zero-order valence-electron chi connectivity index (χ0n) is 19.0. The Kier molecular flexibility index (Phi) is 16.4. The molecule has 0 spiro atoms. The number of hydrogen-bond donors (Lipinski definition) is 3. The molecule has 184 valence electrons. The van der Waals surface area contributed by atoms with Gasteiger partial charge in [-0.25, -0.2) is 0 Å². The third-order valence-corrected chi connectivity index (χ3v) is 6.85. The van der Waals surface area contributed by atoms with E-state index in [1.165, 1.54) is 60.3 Å². The molecule has 0 aliphatic heterocycles. The van der Waals surface area contributed by atoms with Gasteiger partial charge in [0.1, 0.15) is 0 Å². The van der Waals surface area contributed by atoms with Gasteiger partial charge in [-0.15, -0.1) is 12.4 Å². The Labute approximate surface area is 211 Å². The van der Waals surface area contributed by atoms with E-state index in [-0.39, 0.29) is 37.6 Å². The molecule has 0 aliphatic carbocycles. The SMILES string of the molecule is CCCCC(CC[CH2][In])CCCOc1ccc(CCC(N)(CO)CO)cc1C(F)(F)F.Cl. The van der Waals surface area contributed by atoms with Crippen LogP contribution in [0.25, 0.3) is 0 Å². The van der Waals surface area contributed by atoms with Crippen LogP contribution in [0.1, 0.15) is 69.4 Å². The first-order chi connectivity index (χ1) is 14.7. The van der Waals surface area contributed by atoms with Gasteiger partial charge >= 0.3 is 152 Å². The van der Waals surface area contributed by atoms with Gasteiger partial charge in [-0.05, 0) is 12.8 Å². The van der Waals surface area contributed by atoms with Gasteiger partial charge in [0.2, 0.25) is 0 Å². The number of halogens is 4. The molecule has 32 heavy (non-hydrogen) atoms. The predicted molar refractivity (Wildman–Crippen MR) is 126 cm³/mol. The summed E-state index contributed by atoms with van der Waals surface area (Å²) in [5, 5.41) is 18.5. The summed E-state index contributed by atoms with van der Waals surface area (Å²) in [4.78, 5) is 0. The van der Waals surface area contributed by atoms with Crippen LogP contribution in [0.3, 0.4) is 0 Å². The summed E-state index contributed by atoms with van der Waals surface area (Å²) in [6.45, 7) is 1.58. The second kappa shape index (κ2) is 16.5. The van der Waals surface area contributed by atoms with E-state index >= 15 is 0 Å². The molecule has 0 saturated heterocycles. The number of unbranched alkanes of at least 4 members (excludes halogenated alkanes) is 1. The van der Waals surface area contributed by atoms with Gasteiger partial charge < -0.3 is 15.9 Å². The van der Waals surface area contributed by atoms with E-state index in [4.69, 9.17) is 10.5 Å². The zero-order valence-corrected chi connectivity index (χ0v) is 23.1. The van der Waals surface area contributed by atoms with Gasteiger partial charge in [-0.2, -0.15) is 0 Å². The van der Waals surface area contributed by atoms with Crippen LogP contribution >= 0.6 is 12.4 Å². The number of ether oxygens (including phenoxy) is 1. The molecule has 1 aromatic rings. The summed E-state index contributed by atoms with van der Waals surface area (Å²) in [6.07, 6.45) is 3.60. The molecule has 0 fully saturated rings. The molecule has 0 aliphatic rings. The third-order valence-electron chi connectivity index (χ3n) is 5.69. The Morgan fingerprint density at radius 2 is 1.69 bits per heavy atom. The number of aliphatic hydroxyl groups is 2. The maximum absolute atomic E-state index is 13.6. The molecule has 0 heterocycles. The molecule has 0 aromatic heterocycles. The number of alkyl halides is 3. The second-order valence-corrected chi connectivity index (χ2v) is 10.1. The van der Waals surface area contributed by atoms with E-state index in [2.05, 4.69) is 6.92 Å². The first kappa shape index (κ1) is 31.9. The summed E-state index contributed by atoms with van der Waals surface area (Å²) in [5.74, 6) is 0.485. The summed E-state index contributed by atoms with van der Waals surface area (Å²) in [7, 11) is 0. The van der Waals surface area contributed by atoms with Crippen LogP contribution < -0.4 is 10.5 Å². The van der Waals surface area contributed by atoms with Crippen molar-refractivity contribution in [2.24, 2.45) is 11.7 Å². The van der Waals surface area contributed by atoms with Crippen LogP contribution in [0.2, 0.25) is 4.18 Å². The number of aryl methyl sites for hydroxylation is 1. The average Bonchev–Trinajstić information content (AvgIpc) is 2.76. The van der Waals surface area contributed by atoms with E-state index in [9.17, 15) is 23.4 Å². The smallest absolute Gasteiger partial charge is 0.147 e. The fourth-order valence-electron chi connectivity index (χ4n) is 3.57. The molecular weight excluding hydrogens is 546 g/mol. The Balaban J connectivity index is 0.00000961. The van der Waals surface area contributed by atoms with Crippen molar-refractivity contribution in [1.29, 1.82) is 0 Å². The summed E-state index contributed by atoms with van der Waals surface area (Å²) < 4.78 is 47.5. The van der Waals surface area contributed by atoms with Crippen LogP contribution in [-0.4, -0.2) is 59.9 Å². The minimum atomic E-state index is -4.52. The van der Waals surface area contributed by atoms with Crippen molar-refractivity contribution in [2.45, 2.75) is 80.6 Å². The molecule has 1 rings (SSSR count). The van der Waals surface area contributed by atoms with Gasteiger partial charge in [-0.3, -0.25) is 0 Å². The standard InChI is InChI=1S/C23H37F3NO3.ClH.In/c1-3-5-8-18(7-4-2)9-6-14-30-21-11-10-19(15-20(21)23(24,25)26)12-13-22(27,16-28)17-29;;/h10-11,15,18,28-29H,2-9,12-14,16-17,27H2,1H3;1H;. The molecule has 0 amide bonds.